The zero-order valence-corrected chi connectivity index (χ0v) is 17.5. The van der Waals surface area contributed by atoms with Crippen LogP contribution in [0.1, 0.15) is 18.7 Å². The fourth-order valence-electron chi connectivity index (χ4n) is 3.65. The summed E-state index contributed by atoms with van der Waals surface area (Å²) in [4.78, 5) is 32.5. The molecule has 2 N–H and O–H groups in total. The molecule has 30 heavy (non-hydrogen) atoms. The summed E-state index contributed by atoms with van der Waals surface area (Å²) in [5.74, 6) is 0.865. The number of aromatic amines is 1. The van der Waals surface area contributed by atoms with Gasteiger partial charge in [0.05, 0.1) is 21.9 Å². The number of carbonyl (C=O) groups excluding carboxylic acids is 1. The van der Waals surface area contributed by atoms with Gasteiger partial charge in [-0.3, -0.25) is 14.2 Å². The van der Waals surface area contributed by atoms with Crippen molar-refractivity contribution in [3.05, 3.63) is 69.5 Å². The molecule has 2 aromatic heterocycles. The highest BCUT2D eigenvalue weighted by molar-refractivity contribution is 7.71. The first-order chi connectivity index (χ1) is 14.5. The number of nitrogens with zero attached hydrogens (tertiary/aromatic N) is 3. The molecule has 4 aromatic rings. The zero-order chi connectivity index (χ0) is 21.1. The van der Waals surface area contributed by atoms with Crippen molar-refractivity contribution in [2.75, 3.05) is 6.54 Å². The molecular formula is C22H23N5O2S. The Labute approximate surface area is 178 Å². The number of hydrogen-bond acceptors (Lipinski definition) is 4. The van der Waals surface area contributed by atoms with Gasteiger partial charge in [-0.25, -0.2) is 4.98 Å². The van der Waals surface area contributed by atoms with E-state index in [1.165, 1.54) is 4.57 Å². The molecule has 4 rings (SSSR count). The Balaban J connectivity index is 1.32. The van der Waals surface area contributed by atoms with E-state index in [1.54, 1.807) is 6.07 Å². The molecule has 0 saturated heterocycles. The molecule has 7 nitrogen and oxygen atoms in total. The summed E-state index contributed by atoms with van der Waals surface area (Å²) >= 11 is 5.29. The fourth-order valence-corrected chi connectivity index (χ4v) is 3.93. The van der Waals surface area contributed by atoms with Crippen molar-refractivity contribution in [2.24, 2.45) is 0 Å². The van der Waals surface area contributed by atoms with Crippen LogP contribution >= 0.6 is 12.2 Å². The van der Waals surface area contributed by atoms with Crippen LogP contribution in [0.5, 0.6) is 0 Å². The van der Waals surface area contributed by atoms with Crippen molar-refractivity contribution in [3.8, 4) is 0 Å². The van der Waals surface area contributed by atoms with Crippen LogP contribution < -0.4 is 10.9 Å². The highest BCUT2D eigenvalue weighted by Gasteiger charge is 2.09. The van der Waals surface area contributed by atoms with Crippen molar-refractivity contribution >= 4 is 40.1 Å². The highest BCUT2D eigenvalue weighted by Crippen LogP contribution is 2.15. The van der Waals surface area contributed by atoms with Gasteiger partial charge in [0, 0.05) is 26.1 Å². The van der Waals surface area contributed by atoms with Crippen molar-refractivity contribution in [3.63, 3.8) is 0 Å². The van der Waals surface area contributed by atoms with Gasteiger partial charge in [0.2, 0.25) is 5.91 Å². The predicted octanol–water partition coefficient (Wildman–Crippen LogP) is 3.31. The second-order valence-corrected chi connectivity index (χ2v) is 7.57. The van der Waals surface area contributed by atoms with Gasteiger partial charge in [-0.05, 0) is 49.8 Å². The van der Waals surface area contributed by atoms with Crippen LogP contribution in [0.25, 0.3) is 21.9 Å². The lowest BCUT2D eigenvalue weighted by molar-refractivity contribution is -0.121. The van der Waals surface area contributed by atoms with E-state index in [-0.39, 0.29) is 24.4 Å². The van der Waals surface area contributed by atoms with Gasteiger partial charge in [-0.1, -0.05) is 24.3 Å². The Morgan fingerprint density at radius 2 is 1.87 bits per heavy atom. The average Bonchev–Trinajstić information content (AvgIpc) is 3.06. The maximum Gasteiger partial charge on any atom is 0.262 e. The van der Waals surface area contributed by atoms with E-state index in [0.717, 1.165) is 29.8 Å². The Hall–Kier alpha value is -3.26. The van der Waals surface area contributed by atoms with Crippen molar-refractivity contribution in [1.82, 2.24) is 24.4 Å². The Morgan fingerprint density at radius 1 is 1.10 bits per heavy atom. The number of rotatable bonds is 7. The molecule has 8 heteroatoms. The molecule has 0 fully saturated rings. The van der Waals surface area contributed by atoms with Gasteiger partial charge in [-0.15, -0.1) is 0 Å². The third kappa shape index (κ3) is 4.04. The molecule has 0 aliphatic heterocycles. The van der Waals surface area contributed by atoms with Gasteiger partial charge in [-0.2, -0.15) is 0 Å². The second-order valence-electron chi connectivity index (χ2n) is 7.19. The summed E-state index contributed by atoms with van der Waals surface area (Å²) in [5.41, 5.74) is 2.61. The number of amides is 1. The number of H-pyrrole nitrogens is 1. The summed E-state index contributed by atoms with van der Waals surface area (Å²) in [6, 6.07) is 15.3. The molecule has 0 radical (unpaired) electrons. The van der Waals surface area contributed by atoms with Crippen LogP contribution in [0.2, 0.25) is 0 Å². The zero-order valence-electron chi connectivity index (χ0n) is 16.7. The normalized spacial score (nSPS) is 11.2. The second kappa shape index (κ2) is 8.62. The Bertz CT molecular complexity index is 1330. The monoisotopic (exact) mass is 421 g/mol. The fraction of sp³-hybridized carbons (Fsp3) is 0.273. The summed E-state index contributed by atoms with van der Waals surface area (Å²) < 4.78 is 3.93. The Kier molecular flexibility index (Phi) is 5.76. The predicted molar refractivity (Wildman–Crippen MR) is 120 cm³/mol. The van der Waals surface area contributed by atoms with Crippen LogP contribution in [0.3, 0.4) is 0 Å². The van der Waals surface area contributed by atoms with E-state index in [0.29, 0.717) is 22.2 Å². The van der Waals surface area contributed by atoms with Gasteiger partial charge in [0.25, 0.3) is 5.56 Å². The van der Waals surface area contributed by atoms with E-state index in [9.17, 15) is 9.59 Å². The summed E-state index contributed by atoms with van der Waals surface area (Å²) in [6.07, 6.45) is 0.992. The number of carbonyl (C=O) groups is 1. The maximum absolute atomic E-state index is 12.6. The SMILES string of the molecule is Cc1nc2ccccc2n1CCCNC(=O)CCn1c(=S)[nH]c2ccccc2c1=O. The lowest BCUT2D eigenvalue weighted by atomic mass is 10.2. The average molecular weight is 422 g/mol. The smallest absolute Gasteiger partial charge is 0.262 e. The number of imidazole rings is 1. The number of nitrogens with one attached hydrogen (secondary N) is 2. The number of hydrogen-bond donors (Lipinski definition) is 2. The molecule has 1 amide bonds. The minimum atomic E-state index is -0.176. The third-order valence-corrected chi connectivity index (χ3v) is 5.50. The molecule has 154 valence electrons. The third-order valence-electron chi connectivity index (χ3n) is 5.18. The van der Waals surface area contributed by atoms with Crippen LogP contribution in [-0.4, -0.2) is 31.6 Å². The number of para-hydroxylation sites is 3. The van der Waals surface area contributed by atoms with E-state index in [2.05, 4.69) is 25.9 Å². The van der Waals surface area contributed by atoms with Gasteiger partial charge >= 0.3 is 0 Å². The van der Waals surface area contributed by atoms with Crippen LogP contribution in [0.4, 0.5) is 0 Å². The minimum Gasteiger partial charge on any atom is -0.356 e. The molecule has 2 heterocycles. The van der Waals surface area contributed by atoms with Crippen LogP contribution in [-0.2, 0) is 17.9 Å². The molecule has 0 atom stereocenters. The van der Waals surface area contributed by atoms with E-state index in [1.807, 2.05) is 43.3 Å². The van der Waals surface area contributed by atoms with Crippen molar-refractivity contribution in [1.29, 1.82) is 0 Å². The molecular weight excluding hydrogens is 398 g/mol. The van der Waals surface area contributed by atoms with Gasteiger partial charge < -0.3 is 14.9 Å². The maximum atomic E-state index is 12.6. The van der Waals surface area contributed by atoms with Crippen molar-refractivity contribution < 1.29 is 4.79 Å². The molecule has 0 aliphatic carbocycles. The van der Waals surface area contributed by atoms with Crippen LogP contribution in [0.15, 0.2) is 53.3 Å². The molecule has 0 spiro atoms. The number of fused-ring (bicyclic) bond motifs is 2. The highest BCUT2D eigenvalue weighted by atomic mass is 32.1. The molecule has 0 bridgehead atoms. The summed E-state index contributed by atoms with van der Waals surface area (Å²) in [7, 11) is 0. The van der Waals surface area contributed by atoms with E-state index in [4.69, 9.17) is 12.2 Å². The quantitative estimate of drug-likeness (QED) is 0.354. The van der Waals surface area contributed by atoms with Crippen molar-refractivity contribution in [2.45, 2.75) is 32.9 Å². The molecule has 0 aliphatic rings. The first-order valence-electron chi connectivity index (χ1n) is 9.95. The molecule has 2 aromatic carbocycles. The topological polar surface area (TPSA) is 84.7 Å². The van der Waals surface area contributed by atoms with E-state index < -0.39 is 0 Å². The number of benzene rings is 2. The first-order valence-corrected chi connectivity index (χ1v) is 10.4. The molecule has 0 saturated carbocycles. The largest absolute Gasteiger partial charge is 0.356 e. The summed E-state index contributed by atoms with van der Waals surface area (Å²) in [6.45, 7) is 3.58. The first kappa shape index (κ1) is 20.0. The molecule has 0 unspecified atom stereocenters. The number of aryl methyl sites for hydroxylation is 2. The minimum absolute atomic E-state index is 0.100. The summed E-state index contributed by atoms with van der Waals surface area (Å²) in [5, 5.41) is 3.49. The number of aromatic nitrogens is 4. The standard InChI is InChI=1S/C22H23N5O2S/c1-15-24-18-9-4-5-10-19(18)26(15)13-6-12-23-20(28)11-14-27-21(29)16-7-2-3-8-17(16)25-22(27)30/h2-5,7-10H,6,11-14H2,1H3,(H,23,28)(H,25,30). The lowest BCUT2D eigenvalue weighted by Gasteiger charge is -2.10. The van der Waals surface area contributed by atoms with Gasteiger partial charge in [0.15, 0.2) is 4.77 Å². The van der Waals surface area contributed by atoms with Gasteiger partial charge in [0.1, 0.15) is 5.82 Å². The van der Waals surface area contributed by atoms with E-state index >= 15 is 0 Å². The lowest BCUT2D eigenvalue weighted by Crippen LogP contribution is -2.29. The van der Waals surface area contributed by atoms with Crippen LogP contribution in [0, 0.1) is 11.7 Å². The Morgan fingerprint density at radius 3 is 2.73 bits per heavy atom.